The molecule has 5 aliphatic rings. The first-order chi connectivity index (χ1) is 20.2. The van der Waals surface area contributed by atoms with Crippen LogP contribution in [0.5, 0.6) is 0 Å². The van der Waals surface area contributed by atoms with Crippen molar-refractivity contribution in [3.05, 3.63) is 0 Å². The Morgan fingerprint density at radius 3 is 2.14 bits per heavy atom. The van der Waals surface area contributed by atoms with Crippen LogP contribution in [0.1, 0.15) is 86.0 Å². The zero-order valence-electron chi connectivity index (χ0n) is 27.2. The van der Waals surface area contributed by atoms with Gasteiger partial charge in [0.1, 0.15) is 18.3 Å². The van der Waals surface area contributed by atoms with Gasteiger partial charge >= 0.3 is 0 Å². The minimum Gasteiger partial charge on any atom is -0.393 e. The Kier molecular flexibility index (Phi) is 10.3. The van der Waals surface area contributed by atoms with E-state index in [9.17, 15) is 30.6 Å². The van der Waals surface area contributed by atoms with Crippen molar-refractivity contribution in [1.29, 1.82) is 0 Å². The molecule has 43 heavy (non-hydrogen) atoms. The van der Waals surface area contributed by atoms with Crippen LogP contribution >= 0.6 is 0 Å². The minimum absolute atomic E-state index is 0.00633. The molecule has 6 N–H and O–H groups in total. The molecule has 4 saturated carbocycles. The topological polar surface area (TPSA) is 149 Å². The number of rotatable bonds is 9. The van der Waals surface area contributed by atoms with Crippen molar-refractivity contribution in [2.24, 2.45) is 58.2 Å². The Bertz CT molecular complexity index is 934. The number of aliphatic hydroxyl groups is 6. The molecular formula is C34H60O9. The molecule has 1 aliphatic heterocycles. The summed E-state index contributed by atoms with van der Waals surface area (Å²) in [5.41, 5.74) is -0.236. The zero-order chi connectivity index (χ0) is 31.4. The fourth-order valence-corrected chi connectivity index (χ4v) is 11.0. The van der Waals surface area contributed by atoms with Gasteiger partial charge in [-0.15, -0.1) is 0 Å². The van der Waals surface area contributed by atoms with Gasteiger partial charge < -0.3 is 44.8 Å². The summed E-state index contributed by atoms with van der Waals surface area (Å²) in [7, 11) is 1.49. The lowest BCUT2D eigenvalue weighted by Gasteiger charge is -2.63. The van der Waals surface area contributed by atoms with Gasteiger partial charge in [-0.2, -0.15) is 0 Å². The van der Waals surface area contributed by atoms with Crippen molar-refractivity contribution in [3.8, 4) is 0 Å². The van der Waals surface area contributed by atoms with Gasteiger partial charge in [0.25, 0.3) is 0 Å². The summed E-state index contributed by atoms with van der Waals surface area (Å²) in [5.74, 6) is 1.81. The van der Waals surface area contributed by atoms with E-state index in [2.05, 4.69) is 34.6 Å². The van der Waals surface area contributed by atoms with Crippen LogP contribution in [0.15, 0.2) is 0 Å². The molecule has 0 amide bonds. The van der Waals surface area contributed by atoms with Crippen molar-refractivity contribution < 1.29 is 44.8 Å². The molecule has 0 aromatic carbocycles. The average molecular weight is 613 g/mol. The van der Waals surface area contributed by atoms with E-state index < -0.39 is 49.0 Å². The number of aliphatic hydroxyl groups excluding tert-OH is 6. The molecule has 0 radical (unpaired) electrons. The lowest BCUT2D eigenvalue weighted by molar-refractivity contribution is -0.276. The highest BCUT2D eigenvalue weighted by Crippen LogP contribution is 2.68. The lowest BCUT2D eigenvalue weighted by Crippen LogP contribution is -2.63. The monoisotopic (exact) mass is 612 g/mol. The van der Waals surface area contributed by atoms with Gasteiger partial charge in [-0.3, -0.25) is 0 Å². The van der Waals surface area contributed by atoms with Crippen molar-refractivity contribution >= 4 is 0 Å². The van der Waals surface area contributed by atoms with Crippen molar-refractivity contribution in [2.45, 2.75) is 135 Å². The summed E-state index contributed by atoms with van der Waals surface area (Å²) in [6, 6.07) is 0. The Balaban J connectivity index is 1.22. The third kappa shape index (κ3) is 5.98. The normalized spacial score (nSPS) is 51.4. The predicted molar refractivity (Wildman–Crippen MR) is 161 cm³/mol. The van der Waals surface area contributed by atoms with Gasteiger partial charge in [0, 0.05) is 13.0 Å². The third-order valence-corrected chi connectivity index (χ3v) is 13.6. The maximum Gasteiger partial charge on any atom is 0.186 e. The molecule has 0 aromatic heterocycles. The molecule has 250 valence electrons. The van der Waals surface area contributed by atoms with Crippen molar-refractivity contribution in [2.75, 3.05) is 20.3 Å². The van der Waals surface area contributed by atoms with E-state index in [0.29, 0.717) is 43.1 Å². The van der Waals surface area contributed by atoms with Crippen molar-refractivity contribution in [1.82, 2.24) is 0 Å². The highest BCUT2D eigenvalue weighted by atomic mass is 16.7. The Morgan fingerprint density at radius 2 is 1.47 bits per heavy atom. The van der Waals surface area contributed by atoms with Crippen LogP contribution in [0, 0.1) is 58.2 Å². The summed E-state index contributed by atoms with van der Waals surface area (Å²) in [4.78, 5) is 0. The fourth-order valence-electron chi connectivity index (χ4n) is 11.0. The average Bonchev–Trinajstić information content (AvgIpc) is 3.23. The Labute approximate surface area is 258 Å². The lowest BCUT2D eigenvalue weighted by atomic mass is 9.43. The second kappa shape index (κ2) is 13.0. The quantitative estimate of drug-likeness (QED) is 0.231. The van der Waals surface area contributed by atoms with E-state index >= 15 is 0 Å². The molecule has 1 saturated heterocycles. The Hall–Kier alpha value is -0.360. The van der Waals surface area contributed by atoms with E-state index in [1.807, 2.05) is 0 Å². The molecule has 9 unspecified atom stereocenters. The Morgan fingerprint density at radius 1 is 0.791 bits per heavy atom. The van der Waals surface area contributed by atoms with Gasteiger partial charge in [0.05, 0.1) is 37.6 Å². The number of fused-ring (bicyclic) bond motifs is 5. The maximum atomic E-state index is 11.6. The standard InChI is InChI=1S/C34H60O9/c1-17(2)19(15-42-32-31(40)30(39)26(41-6)16-43-32)8-7-18(3)22-14-25(37)27-20-13-24(36)28-29(38)23(35)10-12-33(28,4)21(20)9-11-34(22,27)5/h17-32,35-40H,7-16H2,1-6H3/t18?,19-,20?,21?,22?,23-,24?,25+,26+,27?,28?,29-,30?,31?,32+,33+,34+/m0/s1. The van der Waals surface area contributed by atoms with Gasteiger partial charge in [-0.05, 0) is 97.2 Å². The largest absolute Gasteiger partial charge is 0.393 e. The van der Waals surface area contributed by atoms with Crippen LogP contribution in [0.4, 0.5) is 0 Å². The smallest absolute Gasteiger partial charge is 0.186 e. The van der Waals surface area contributed by atoms with Gasteiger partial charge in [-0.1, -0.05) is 41.0 Å². The molecule has 5 rings (SSSR count). The molecule has 0 bridgehead atoms. The summed E-state index contributed by atoms with van der Waals surface area (Å²) in [6.45, 7) is 11.9. The highest BCUT2D eigenvalue weighted by molar-refractivity contribution is 5.14. The van der Waals surface area contributed by atoms with Crippen LogP contribution in [-0.2, 0) is 14.2 Å². The van der Waals surface area contributed by atoms with E-state index in [-0.39, 0.29) is 41.1 Å². The van der Waals surface area contributed by atoms with E-state index in [1.54, 1.807) is 0 Å². The number of hydrogen-bond donors (Lipinski definition) is 6. The second-order valence-electron chi connectivity index (χ2n) is 16.0. The van der Waals surface area contributed by atoms with Crippen LogP contribution in [0.25, 0.3) is 0 Å². The molecule has 9 nitrogen and oxygen atoms in total. The molecule has 1 heterocycles. The fraction of sp³-hybridized carbons (Fsp3) is 1.00. The summed E-state index contributed by atoms with van der Waals surface area (Å²) in [6.07, 6.45) is 0.437. The van der Waals surface area contributed by atoms with E-state index in [1.165, 1.54) is 7.11 Å². The maximum absolute atomic E-state index is 11.6. The molecule has 4 aliphatic carbocycles. The molecule has 0 aromatic rings. The number of methoxy groups -OCH3 is 1. The van der Waals surface area contributed by atoms with Crippen LogP contribution in [0.3, 0.4) is 0 Å². The minimum atomic E-state index is -1.16. The molecular weight excluding hydrogens is 552 g/mol. The third-order valence-electron chi connectivity index (χ3n) is 13.6. The first-order valence-corrected chi connectivity index (χ1v) is 17.1. The molecule has 17 atom stereocenters. The first kappa shape index (κ1) is 34.0. The summed E-state index contributed by atoms with van der Waals surface area (Å²) >= 11 is 0. The molecule has 0 spiro atoms. The van der Waals surface area contributed by atoms with Gasteiger partial charge in [0.15, 0.2) is 6.29 Å². The molecule has 5 fully saturated rings. The van der Waals surface area contributed by atoms with Gasteiger partial charge in [0.2, 0.25) is 0 Å². The molecule has 9 heteroatoms. The summed E-state index contributed by atoms with van der Waals surface area (Å²) in [5, 5.41) is 65.1. The summed E-state index contributed by atoms with van der Waals surface area (Å²) < 4.78 is 16.9. The van der Waals surface area contributed by atoms with Crippen molar-refractivity contribution in [3.63, 3.8) is 0 Å². The van der Waals surface area contributed by atoms with Crippen LogP contribution in [0.2, 0.25) is 0 Å². The van der Waals surface area contributed by atoms with Crippen LogP contribution < -0.4 is 0 Å². The number of hydrogen-bond acceptors (Lipinski definition) is 9. The van der Waals surface area contributed by atoms with E-state index in [4.69, 9.17) is 14.2 Å². The zero-order valence-corrected chi connectivity index (χ0v) is 27.2. The SMILES string of the molecule is CO[C@@H]1CO[C@@H](OC[C@H](CCC(C)C2C[C@@H](O)C3C4CC(O)C5[C@@H](O)[C@@H](O)CC[C@]5(C)C4CC[C@]23C)C(C)C)C(O)C1O. The van der Waals surface area contributed by atoms with Crippen LogP contribution in [-0.4, -0.2) is 100.0 Å². The predicted octanol–water partition coefficient (Wildman–Crippen LogP) is 2.72. The highest BCUT2D eigenvalue weighted by Gasteiger charge is 2.66. The van der Waals surface area contributed by atoms with E-state index in [0.717, 1.165) is 38.5 Å². The second-order valence-corrected chi connectivity index (χ2v) is 16.0. The van der Waals surface area contributed by atoms with Gasteiger partial charge in [-0.25, -0.2) is 0 Å². The first-order valence-electron chi connectivity index (χ1n) is 17.1. The number of ether oxygens (including phenoxy) is 3.